The Kier molecular flexibility index (Phi) is 4.96. The predicted octanol–water partition coefficient (Wildman–Crippen LogP) is 3.47. The van der Waals surface area contributed by atoms with Gasteiger partial charge in [0.25, 0.3) is 0 Å². The van der Waals surface area contributed by atoms with Gasteiger partial charge in [0.15, 0.2) is 0 Å². The van der Waals surface area contributed by atoms with Gasteiger partial charge in [0.05, 0.1) is 5.92 Å². The van der Waals surface area contributed by atoms with Gasteiger partial charge >= 0.3 is 5.97 Å². The molecule has 1 aromatic carbocycles. The molecule has 23 heavy (non-hydrogen) atoms. The van der Waals surface area contributed by atoms with Gasteiger partial charge in [-0.2, -0.15) is 0 Å². The van der Waals surface area contributed by atoms with Crippen LogP contribution in [-0.4, -0.2) is 28.6 Å². The number of hydrogen-bond acceptors (Lipinski definition) is 2. The molecule has 1 aliphatic carbocycles. The van der Waals surface area contributed by atoms with Crippen LogP contribution < -0.4 is 5.32 Å². The van der Waals surface area contributed by atoms with Gasteiger partial charge in [-0.25, -0.2) is 4.39 Å². The van der Waals surface area contributed by atoms with E-state index in [0.29, 0.717) is 6.04 Å². The molecular weight excluding hydrogens is 295 g/mol. The lowest BCUT2D eigenvalue weighted by atomic mass is 9.86. The fourth-order valence-corrected chi connectivity index (χ4v) is 3.49. The molecule has 1 heterocycles. The van der Waals surface area contributed by atoms with E-state index in [4.69, 9.17) is 5.11 Å². The number of carboxylic acids is 1. The minimum absolute atomic E-state index is 0.158. The number of aromatic nitrogens is 1. The summed E-state index contributed by atoms with van der Waals surface area (Å²) in [6.45, 7) is 0.907. The fraction of sp³-hybridized carbons (Fsp3) is 0.500. The normalized spacial score (nSPS) is 21.6. The summed E-state index contributed by atoms with van der Waals surface area (Å²) in [6, 6.07) is 5.26. The van der Waals surface area contributed by atoms with E-state index in [1.165, 1.54) is 6.07 Å². The quantitative estimate of drug-likeness (QED) is 0.715. The van der Waals surface area contributed by atoms with Crippen molar-refractivity contribution in [3.05, 3.63) is 35.8 Å². The molecule has 4 nitrogen and oxygen atoms in total. The second-order valence-corrected chi connectivity index (χ2v) is 6.45. The van der Waals surface area contributed by atoms with Crippen molar-refractivity contribution in [2.75, 3.05) is 6.54 Å². The smallest absolute Gasteiger partial charge is 0.306 e. The molecule has 1 aliphatic rings. The van der Waals surface area contributed by atoms with Crippen LogP contribution in [0.15, 0.2) is 24.4 Å². The number of aliphatic carboxylic acids is 1. The summed E-state index contributed by atoms with van der Waals surface area (Å²) in [5.41, 5.74) is 2.12. The molecule has 1 fully saturated rings. The van der Waals surface area contributed by atoms with Crippen LogP contribution in [-0.2, 0) is 11.2 Å². The van der Waals surface area contributed by atoms with Gasteiger partial charge < -0.3 is 15.4 Å². The van der Waals surface area contributed by atoms with E-state index in [-0.39, 0.29) is 11.7 Å². The molecule has 3 N–H and O–H groups in total. The molecule has 0 amide bonds. The van der Waals surface area contributed by atoms with E-state index >= 15 is 0 Å². The van der Waals surface area contributed by atoms with Crippen molar-refractivity contribution < 1.29 is 14.3 Å². The number of aromatic amines is 1. The SMILES string of the molecule is O=C(O)C1CCC(NCCCc2c[nH]c3ccc(F)cc23)CC1. The highest BCUT2D eigenvalue weighted by Gasteiger charge is 2.25. The van der Waals surface area contributed by atoms with Crippen LogP contribution in [0.25, 0.3) is 10.9 Å². The van der Waals surface area contributed by atoms with Crippen molar-refractivity contribution in [2.24, 2.45) is 5.92 Å². The summed E-state index contributed by atoms with van der Waals surface area (Å²) in [5.74, 6) is -1.02. The van der Waals surface area contributed by atoms with Crippen LogP contribution >= 0.6 is 0 Å². The number of H-pyrrole nitrogens is 1. The Hall–Kier alpha value is -1.88. The zero-order chi connectivity index (χ0) is 16.2. The molecule has 2 aromatic rings. The van der Waals surface area contributed by atoms with Crippen molar-refractivity contribution in [1.82, 2.24) is 10.3 Å². The molecule has 0 aliphatic heterocycles. The molecule has 1 saturated carbocycles. The van der Waals surface area contributed by atoms with Crippen LogP contribution in [0.3, 0.4) is 0 Å². The monoisotopic (exact) mass is 318 g/mol. The van der Waals surface area contributed by atoms with Gasteiger partial charge in [-0.3, -0.25) is 4.79 Å². The van der Waals surface area contributed by atoms with E-state index in [9.17, 15) is 9.18 Å². The number of carbonyl (C=O) groups is 1. The Balaban J connectivity index is 1.43. The number of fused-ring (bicyclic) bond motifs is 1. The zero-order valence-corrected chi connectivity index (χ0v) is 13.1. The summed E-state index contributed by atoms with van der Waals surface area (Å²) in [6.07, 6.45) is 7.28. The molecule has 1 aromatic heterocycles. The van der Waals surface area contributed by atoms with Gasteiger partial charge in [-0.15, -0.1) is 0 Å². The molecule has 5 heteroatoms. The van der Waals surface area contributed by atoms with Crippen molar-refractivity contribution in [2.45, 2.75) is 44.6 Å². The van der Waals surface area contributed by atoms with Gasteiger partial charge in [-0.05, 0) is 68.8 Å². The van der Waals surface area contributed by atoms with Crippen molar-refractivity contribution in [1.29, 1.82) is 0 Å². The molecule has 0 unspecified atom stereocenters. The highest BCUT2D eigenvalue weighted by Crippen LogP contribution is 2.24. The molecule has 0 radical (unpaired) electrons. The van der Waals surface area contributed by atoms with E-state index in [1.54, 1.807) is 12.1 Å². The number of carboxylic acid groups (broad SMARTS) is 1. The lowest BCUT2D eigenvalue weighted by molar-refractivity contribution is -0.142. The standard InChI is InChI=1S/C18H23FN2O2/c19-14-5-8-17-16(10-14)13(11-21-17)2-1-9-20-15-6-3-12(4-7-15)18(22)23/h5,8,10-12,15,20-21H,1-4,6-7,9H2,(H,22,23). The lowest BCUT2D eigenvalue weighted by Gasteiger charge is -2.26. The molecule has 124 valence electrons. The van der Waals surface area contributed by atoms with E-state index < -0.39 is 5.97 Å². The molecule has 0 bridgehead atoms. The average molecular weight is 318 g/mol. The second-order valence-electron chi connectivity index (χ2n) is 6.45. The third-order valence-electron chi connectivity index (χ3n) is 4.86. The largest absolute Gasteiger partial charge is 0.481 e. The number of hydrogen-bond donors (Lipinski definition) is 3. The number of nitrogens with one attached hydrogen (secondary N) is 2. The summed E-state index contributed by atoms with van der Waals surface area (Å²) in [5, 5.41) is 13.5. The first-order valence-corrected chi connectivity index (χ1v) is 8.35. The van der Waals surface area contributed by atoms with Gasteiger partial charge in [0, 0.05) is 23.1 Å². The number of rotatable bonds is 6. The Morgan fingerprint density at radius 1 is 1.30 bits per heavy atom. The van der Waals surface area contributed by atoms with Crippen LogP contribution in [0.2, 0.25) is 0 Å². The Labute approximate surface area is 135 Å². The van der Waals surface area contributed by atoms with Gasteiger partial charge in [0.1, 0.15) is 5.82 Å². The Morgan fingerprint density at radius 3 is 2.83 bits per heavy atom. The Bertz CT molecular complexity index is 675. The fourth-order valence-electron chi connectivity index (χ4n) is 3.49. The zero-order valence-electron chi connectivity index (χ0n) is 13.1. The summed E-state index contributed by atoms with van der Waals surface area (Å²) in [7, 11) is 0. The minimum atomic E-state index is -0.657. The van der Waals surface area contributed by atoms with Gasteiger partial charge in [-0.1, -0.05) is 0 Å². The molecule has 0 atom stereocenters. The molecule has 3 rings (SSSR count). The van der Waals surface area contributed by atoms with E-state index in [2.05, 4.69) is 10.3 Å². The molecular formula is C18H23FN2O2. The maximum atomic E-state index is 13.3. The summed E-state index contributed by atoms with van der Waals surface area (Å²) in [4.78, 5) is 14.1. The van der Waals surface area contributed by atoms with Crippen LogP contribution in [0, 0.1) is 11.7 Å². The number of halogens is 1. The predicted molar refractivity (Wildman–Crippen MR) is 88.0 cm³/mol. The van der Waals surface area contributed by atoms with Crippen LogP contribution in [0.5, 0.6) is 0 Å². The molecule has 0 saturated heterocycles. The topological polar surface area (TPSA) is 65.1 Å². The van der Waals surface area contributed by atoms with Crippen molar-refractivity contribution in [3.8, 4) is 0 Å². The number of aryl methyl sites for hydroxylation is 1. The first-order chi connectivity index (χ1) is 11.1. The average Bonchev–Trinajstić information content (AvgIpc) is 2.94. The van der Waals surface area contributed by atoms with Gasteiger partial charge in [0.2, 0.25) is 0 Å². The highest BCUT2D eigenvalue weighted by atomic mass is 19.1. The highest BCUT2D eigenvalue weighted by molar-refractivity contribution is 5.83. The van der Waals surface area contributed by atoms with Crippen LogP contribution in [0.4, 0.5) is 4.39 Å². The van der Waals surface area contributed by atoms with Crippen molar-refractivity contribution >= 4 is 16.9 Å². The Morgan fingerprint density at radius 2 is 2.09 bits per heavy atom. The maximum absolute atomic E-state index is 13.3. The third-order valence-corrected chi connectivity index (χ3v) is 4.86. The van der Waals surface area contributed by atoms with Crippen molar-refractivity contribution in [3.63, 3.8) is 0 Å². The summed E-state index contributed by atoms with van der Waals surface area (Å²) < 4.78 is 13.3. The minimum Gasteiger partial charge on any atom is -0.481 e. The summed E-state index contributed by atoms with van der Waals surface area (Å²) >= 11 is 0. The lowest BCUT2D eigenvalue weighted by Crippen LogP contribution is -2.35. The second kappa shape index (κ2) is 7.13. The first-order valence-electron chi connectivity index (χ1n) is 8.35. The van der Waals surface area contributed by atoms with E-state index in [1.807, 2.05) is 6.20 Å². The van der Waals surface area contributed by atoms with Crippen LogP contribution in [0.1, 0.15) is 37.7 Å². The first kappa shape index (κ1) is 16.0. The third kappa shape index (κ3) is 3.91. The molecule has 0 spiro atoms. The number of benzene rings is 1. The maximum Gasteiger partial charge on any atom is 0.306 e. The van der Waals surface area contributed by atoms with E-state index in [0.717, 1.165) is 61.5 Å².